The SMILES string of the molecule is Cc1cccc(C(=O)Nc2cccc(N3CCOC3=O)c2)c1. The number of cyclic esters (lactones) is 1. The maximum absolute atomic E-state index is 12.2. The highest BCUT2D eigenvalue weighted by molar-refractivity contribution is 6.04. The Hall–Kier alpha value is -2.82. The minimum Gasteiger partial charge on any atom is -0.447 e. The molecule has 0 radical (unpaired) electrons. The predicted octanol–water partition coefficient (Wildman–Crippen LogP) is 3.20. The second kappa shape index (κ2) is 5.89. The van der Waals surface area contributed by atoms with Gasteiger partial charge in [-0.3, -0.25) is 9.69 Å². The first-order valence-electron chi connectivity index (χ1n) is 7.06. The molecule has 1 heterocycles. The topological polar surface area (TPSA) is 58.6 Å². The lowest BCUT2D eigenvalue weighted by Crippen LogP contribution is -2.23. The van der Waals surface area contributed by atoms with Crippen LogP contribution in [0, 0.1) is 6.92 Å². The van der Waals surface area contributed by atoms with Gasteiger partial charge in [-0.15, -0.1) is 0 Å². The van der Waals surface area contributed by atoms with Gasteiger partial charge in [0.05, 0.1) is 6.54 Å². The van der Waals surface area contributed by atoms with Crippen molar-refractivity contribution >= 4 is 23.4 Å². The quantitative estimate of drug-likeness (QED) is 0.946. The summed E-state index contributed by atoms with van der Waals surface area (Å²) in [5, 5.41) is 2.85. The number of ether oxygens (including phenoxy) is 1. The Morgan fingerprint density at radius 2 is 2.00 bits per heavy atom. The number of rotatable bonds is 3. The molecule has 0 spiro atoms. The van der Waals surface area contributed by atoms with Gasteiger partial charge in [0.15, 0.2) is 0 Å². The first-order chi connectivity index (χ1) is 10.6. The van der Waals surface area contributed by atoms with Gasteiger partial charge in [0.2, 0.25) is 0 Å². The van der Waals surface area contributed by atoms with Crippen molar-refractivity contribution < 1.29 is 14.3 Å². The van der Waals surface area contributed by atoms with Gasteiger partial charge in [-0.2, -0.15) is 0 Å². The van der Waals surface area contributed by atoms with Crippen LogP contribution >= 0.6 is 0 Å². The molecule has 0 unspecified atom stereocenters. The number of aryl methyl sites for hydroxylation is 1. The minimum absolute atomic E-state index is 0.176. The Morgan fingerprint density at radius 1 is 1.18 bits per heavy atom. The zero-order valence-electron chi connectivity index (χ0n) is 12.2. The van der Waals surface area contributed by atoms with E-state index in [1.807, 2.05) is 31.2 Å². The Bertz CT molecular complexity index is 727. The second-order valence-electron chi connectivity index (χ2n) is 5.14. The lowest BCUT2D eigenvalue weighted by atomic mass is 10.1. The van der Waals surface area contributed by atoms with Crippen LogP contribution in [-0.2, 0) is 4.74 Å². The molecule has 1 fully saturated rings. The first kappa shape index (κ1) is 14.1. The van der Waals surface area contributed by atoms with E-state index >= 15 is 0 Å². The van der Waals surface area contributed by atoms with Crippen molar-refractivity contribution in [3.05, 3.63) is 59.7 Å². The summed E-state index contributed by atoms with van der Waals surface area (Å²) in [5.74, 6) is -0.176. The molecule has 0 aromatic heterocycles. The third-order valence-electron chi connectivity index (χ3n) is 3.46. The summed E-state index contributed by atoms with van der Waals surface area (Å²) in [6.45, 7) is 2.85. The van der Waals surface area contributed by atoms with E-state index in [1.165, 1.54) is 0 Å². The van der Waals surface area contributed by atoms with Crippen LogP contribution in [0.4, 0.5) is 16.2 Å². The fourth-order valence-corrected chi connectivity index (χ4v) is 2.37. The number of amides is 2. The summed E-state index contributed by atoms with van der Waals surface area (Å²) in [4.78, 5) is 25.4. The van der Waals surface area contributed by atoms with Crippen LogP contribution in [0.15, 0.2) is 48.5 Å². The molecule has 112 valence electrons. The molecule has 0 bridgehead atoms. The molecule has 2 amide bonds. The van der Waals surface area contributed by atoms with Crippen LogP contribution in [-0.4, -0.2) is 25.2 Å². The number of nitrogens with one attached hydrogen (secondary N) is 1. The molecule has 0 aliphatic carbocycles. The molecular formula is C17H16N2O3. The normalized spacial score (nSPS) is 13.9. The highest BCUT2D eigenvalue weighted by atomic mass is 16.6. The fourth-order valence-electron chi connectivity index (χ4n) is 2.37. The molecule has 5 nitrogen and oxygen atoms in total. The third-order valence-corrected chi connectivity index (χ3v) is 3.46. The Labute approximate surface area is 128 Å². The van der Waals surface area contributed by atoms with Crippen LogP contribution in [0.2, 0.25) is 0 Å². The first-order valence-corrected chi connectivity index (χ1v) is 7.06. The molecule has 3 rings (SSSR count). The Balaban J connectivity index is 1.78. The number of anilines is 2. The fraction of sp³-hybridized carbons (Fsp3) is 0.176. The van der Waals surface area contributed by atoms with Crippen LogP contribution in [0.1, 0.15) is 15.9 Å². The predicted molar refractivity (Wildman–Crippen MR) is 84.3 cm³/mol. The van der Waals surface area contributed by atoms with Gasteiger partial charge < -0.3 is 10.1 Å². The lowest BCUT2D eigenvalue weighted by Gasteiger charge is -2.14. The van der Waals surface area contributed by atoms with E-state index in [9.17, 15) is 9.59 Å². The van der Waals surface area contributed by atoms with Crippen molar-refractivity contribution in [2.75, 3.05) is 23.4 Å². The van der Waals surface area contributed by atoms with E-state index in [2.05, 4.69) is 5.32 Å². The summed E-state index contributed by atoms with van der Waals surface area (Å²) >= 11 is 0. The van der Waals surface area contributed by atoms with Crippen LogP contribution in [0.25, 0.3) is 0 Å². The van der Waals surface area contributed by atoms with Crippen LogP contribution in [0.3, 0.4) is 0 Å². The maximum atomic E-state index is 12.2. The Morgan fingerprint density at radius 3 is 2.73 bits per heavy atom. The third kappa shape index (κ3) is 2.93. The highest BCUT2D eigenvalue weighted by Crippen LogP contribution is 2.22. The van der Waals surface area contributed by atoms with Crippen LogP contribution < -0.4 is 10.2 Å². The molecule has 1 aliphatic heterocycles. The van der Waals surface area contributed by atoms with Crippen molar-refractivity contribution in [1.82, 2.24) is 0 Å². The van der Waals surface area contributed by atoms with Gasteiger partial charge in [-0.1, -0.05) is 23.8 Å². The van der Waals surface area contributed by atoms with E-state index in [1.54, 1.807) is 29.2 Å². The number of nitrogens with zero attached hydrogens (tertiary/aromatic N) is 1. The van der Waals surface area contributed by atoms with E-state index in [-0.39, 0.29) is 12.0 Å². The van der Waals surface area contributed by atoms with E-state index in [4.69, 9.17) is 4.74 Å². The van der Waals surface area contributed by atoms with E-state index < -0.39 is 0 Å². The van der Waals surface area contributed by atoms with Gasteiger partial charge >= 0.3 is 6.09 Å². The Kier molecular flexibility index (Phi) is 3.78. The summed E-state index contributed by atoms with van der Waals surface area (Å²) in [7, 11) is 0. The van der Waals surface area contributed by atoms with Gasteiger partial charge in [0.1, 0.15) is 6.61 Å². The molecule has 1 aliphatic rings. The van der Waals surface area contributed by atoms with Crippen molar-refractivity contribution in [3.8, 4) is 0 Å². The number of carbonyl (C=O) groups is 2. The molecule has 5 heteroatoms. The number of benzene rings is 2. The standard InChI is InChI=1S/C17H16N2O3/c1-12-4-2-5-13(10-12)16(20)18-14-6-3-7-15(11-14)19-8-9-22-17(19)21/h2-7,10-11H,8-9H2,1H3,(H,18,20). The van der Waals surface area contributed by atoms with Crippen LogP contribution in [0.5, 0.6) is 0 Å². The van der Waals surface area contributed by atoms with Gasteiger partial charge in [0, 0.05) is 16.9 Å². The second-order valence-corrected chi connectivity index (χ2v) is 5.14. The molecule has 2 aromatic rings. The number of hydrogen-bond donors (Lipinski definition) is 1. The zero-order chi connectivity index (χ0) is 15.5. The lowest BCUT2D eigenvalue weighted by molar-refractivity contribution is 0.102. The van der Waals surface area contributed by atoms with Gasteiger partial charge in [-0.25, -0.2) is 4.79 Å². The van der Waals surface area contributed by atoms with E-state index in [0.29, 0.717) is 30.1 Å². The van der Waals surface area contributed by atoms with Crippen molar-refractivity contribution in [1.29, 1.82) is 0 Å². The smallest absolute Gasteiger partial charge is 0.414 e. The summed E-state index contributed by atoms with van der Waals surface area (Å²) in [6, 6.07) is 14.6. The minimum atomic E-state index is -0.359. The van der Waals surface area contributed by atoms with E-state index in [0.717, 1.165) is 5.56 Å². The summed E-state index contributed by atoms with van der Waals surface area (Å²) in [6.07, 6.45) is -0.359. The van der Waals surface area contributed by atoms with Gasteiger partial charge in [0.25, 0.3) is 5.91 Å². The molecule has 2 aromatic carbocycles. The van der Waals surface area contributed by atoms with Gasteiger partial charge in [-0.05, 0) is 37.3 Å². The average Bonchev–Trinajstić information content (AvgIpc) is 2.94. The van der Waals surface area contributed by atoms with Crippen molar-refractivity contribution in [2.24, 2.45) is 0 Å². The molecule has 0 saturated carbocycles. The number of carbonyl (C=O) groups excluding carboxylic acids is 2. The summed E-state index contributed by atoms with van der Waals surface area (Å²) < 4.78 is 4.92. The summed E-state index contributed by atoms with van der Waals surface area (Å²) in [5.41, 5.74) is 2.99. The van der Waals surface area contributed by atoms with Crippen molar-refractivity contribution in [2.45, 2.75) is 6.92 Å². The number of hydrogen-bond acceptors (Lipinski definition) is 3. The maximum Gasteiger partial charge on any atom is 0.414 e. The largest absolute Gasteiger partial charge is 0.447 e. The molecule has 1 saturated heterocycles. The van der Waals surface area contributed by atoms with Crippen molar-refractivity contribution in [3.63, 3.8) is 0 Å². The monoisotopic (exact) mass is 296 g/mol. The molecular weight excluding hydrogens is 280 g/mol. The zero-order valence-corrected chi connectivity index (χ0v) is 12.2. The highest BCUT2D eigenvalue weighted by Gasteiger charge is 2.23. The molecule has 22 heavy (non-hydrogen) atoms. The molecule has 0 atom stereocenters. The average molecular weight is 296 g/mol. The molecule has 1 N–H and O–H groups in total.